The van der Waals surface area contributed by atoms with Crippen LogP contribution in [-0.2, 0) is 16.0 Å². The molecule has 0 bridgehead atoms. The van der Waals surface area contributed by atoms with Crippen LogP contribution in [0.2, 0.25) is 0 Å². The first kappa shape index (κ1) is 20.0. The Balaban J connectivity index is 2.33. The number of methoxy groups -OCH3 is 1. The van der Waals surface area contributed by atoms with Crippen LogP contribution < -0.4 is 10.6 Å². The van der Waals surface area contributed by atoms with E-state index in [0.29, 0.717) is 35.5 Å². The molecule has 0 aromatic carbocycles. The topological polar surface area (TPSA) is 85.1 Å². The number of nitrogens with one attached hydrogen (secondary N) is 2. The molecular formula is C17H29N3O4. The van der Waals surface area contributed by atoms with E-state index in [1.54, 1.807) is 20.0 Å². The molecule has 0 amide bonds. The Hall–Kier alpha value is -2.02. The molecule has 0 aliphatic carbocycles. The molecule has 0 spiro atoms. The van der Waals surface area contributed by atoms with Gasteiger partial charge in [-0.25, -0.2) is 4.79 Å². The normalized spacial score (nSPS) is 11.7. The number of rotatable bonds is 9. The molecule has 24 heavy (non-hydrogen) atoms. The quantitative estimate of drug-likeness (QED) is 0.310. The van der Waals surface area contributed by atoms with E-state index in [2.05, 4.69) is 29.5 Å². The Morgan fingerprint density at radius 1 is 1.38 bits per heavy atom. The fourth-order valence-electron chi connectivity index (χ4n) is 2.03. The Bertz CT molecular complexity index is 538. The fraction of sp³-hybridized carbons (Fsp3) is 0.647. The summed E-state index contributed by atoms with van der Waals surface area (Å²) in [5.41, 5.74) is 0.444. The third-order valence-corrected chi connectivity index (χ3v) is 3.24. The van der Waals surface area contributed by atoms with Gasteiger partial charge in [0.1, 0.15) is 17.1 Å². The maximum atomic E-state index is 11.6. The van der Waals surface area contributed by atoms with Crippen LogP contribution in [0.15, 0.2) is 15.5 Å². The molecule has 0 saturated heterocycles. The molecule has 2 N–H and O–H groups in total. The van der Waals surface area contributed by atoms with Crippen molar-refractivity contribution in [1.29, 1.82) is 0 Å². The van der Waals surface area contributed by atoms with Crippen molar-refractivity contribution in [2.24, 2.45) is 10.9 Å². The number of guanidine groups is 1. The van der Waals surface area contributed by atoms with Gasteiger partial charge in [-0.3, -0.25) is 4.99 Å². The Morgan fingerprint density at radius 3 is 2.75 bits per heavy atom. The van der Waals surface area contributed by atoms with Crippen molar-refractivity contribution in [3.05, 3.63) is 23.2 Å². The van der Waals surface area contributed by atoms with E-state index >= 15 is 0 Å². The summed E-state index contributed by atoms with van der Waals surface area (Å²) >= 11 is 0. The van der Waals surface area contributed by atoms with Crippen molar-refractivity contribution in [3.8, 4) is 0 Å². The van der Waals surface area contributed by atoms with E-state index in [4.69, 9.17) is 13.9 Å². The molecule has 0 atom stereocenters. The van der Waals surface area contributed by atoms with E-state index in [1.807, 2.05) is 0 Å². The summed E-state index contributed by atoms with van der Waals surface area (Å²) in [5, 5.41) is 6.35. The van der Waals surface area contributed by atoms with E-state index in [0.717, 1.165) is 26.2 Å². The number of carbonyl (C=O) groups is 1. The van der Waals surface area contributed by atoms with Crippen molar-refractivity contribution >= 4 is 11.9 Å². The first-order valence-corrected chi connectivity index (χ1v) is 8.17. The summed E-state index contributed by atoms with van der Waals surface area (Å²) in [6, 6.07) is 1.68. The summed E-state index contributed by atoms with van der Waals surface area (Å²) in [4.78, 5) is 15.7. The van der Waals surface area contributed by atoms with Gasteiger partial charge in [-0.1, -0.05) is 13.8 Å². The molecule has 1 aromatic heterocycles. The molecule has 1 heterocycles. The van der Waals surface area contributed by atoms with Crippen LogP contribution in [0.5, 0.6) is 0 Å². The van der Waals surface area contributed by atoms with Gasteiger partial charge >= 0.3 is 5.97 Å². The number of furan rings is 1. The van der Waals surface area contributed by atoms with Gasteiger partial charge in [-0.15, -0.1) is 0 Å². The summed E-state index contributed by atoms with van der Waals surface area (Å²) in [6.07, 6.45) is 0.903. The number of nitrogens with zero attached hydrogens (tertiary/aromatic N) is 1. The van der Waals surface area contributed by atoms with Crippen LogP contribution in [0.4, 0.5) is 0 Å². The number of hydrogen-bond acceptors (Lipinski definition) is 5. The molecular weight excluding hydrogens is 310 g/mol. The predicted molar refractivity (Wildman–Crippen MR) is 93.3 cm³/mol. The predicted octanol–water partition coefficient (Wildman–Crippen LogP) is 2.10. The lowest BCUT2D eigenvalue weighted by atomic mass is 10.2. The molecule has 1 rings (SSSR count). The maximum absolute atomic E-state index is 11.6. The lowest BCUT2D eigenvalue weighted by Crippen LogP contribution is -2.37. The van der Waals surface area contributed by atoms with Gasteiger partial charge in [0.2, 0.25) is 0 Å². The van der Waals surface area contributed by atoms with Crippen molar-refractivity contribution in [2.45, 2.75) is 33.7 Å². The molecule has 0 aliphatic rings. The van der Waals surface area contributed by atoms with Crippen LogP contribution in [0, 0.1) is 12.8 Å². The van der Waals surface area contributed by atoms with Crippen LogP contribution in [0.1, 0.15) is 42.1 Å². The zero-order valence-electron chi connectivity index (χ0n) is 15.3. The molecule has 7 nitrogen and oxygen atoms in total. The minimum atomic E-state index is -0.397. The van der Waals surface area contributed by atoms with E-state index in [-0.39, 0.29) is 0 Å². The number of aryl methyl sites for hydroxylation is 1. The molecule has 136 valence electrons. The van der Waals surface area contributed by atoms with Gasteiger partial charge in [0.25, 0.3) is 0 Å². The average Bonchev–Trinajstić information content (AvgIpc) is 2.93. The highest BCUT2D eigenvalue weighted by Gasteiger charge is 2.15. The van der Waals surface area contributed by atoms with Gasteiger partial charge < -0.3 is 24.5 Å². The van der Waals surface area contributed by atoms with Crippen molar-refractivity contribution in [2.75, 3.05) is 33.9 Å². The van der Waals surface area contributed by atoms with Crippen molar-refractivity contribution in [1.82, 2.24) is 10.6 Å². The second-order valence-corrected chi connectivity index (χ2v) is 5.85. The van der Waals surface area contributed by atoms with Crippen LogP contribution in [-0.4, -0.2) is 45.8 Å². The van der Waals surface area contributed by atoms with Gasteiger partial charge in [0.05, 0.1) is 13.7 Å². The summed E-state index contributed by atoms with van der Waals surface area (Å²) in [7, 11) is 3.06. The first-order valence-electron chi connectivity index (χ1n) is 8.17. The largest absolute Gasteiger partial charge is 0.465 e. The van der Waals surface area contributed by atoms with Crippen molar-refractivity contribution < 1.29 is 18.7 Å². The second kappa shape index (κ2) is 10.7. The van der Waals surface area contributed by atoms with Crippen LogP contribution in [0.25, 0.3) is 0 Å². The molecule has 0 unspecified atom stereocenters. The molecule has 7 heteroatoms. The van der Waals surface area contributed by atoms with E-state index < -0.39 is 5.97 Å². The second-order valence-electron chi connectivity index (χ2n) is 5.85. The Morgan fingerprint density at radius 2 is 2.12 bits per heavy atom. The lowest BCUT2D eigenvalue weighted by molar-refractivity contribution is 0.0599. The molecule has 1 aromatic rings. The smallest absolute Gasteiger partial charge is 0.341 e. The monoisotopic (exact) mass is 339 g/mol. The zero-order valence-corrected chi connectivity index (χ0v) is 15.3. The third-order valence-electron chi connectivity index (χ3n) is 3.24. The summed E-state index contributed by atoms with van der Waals surface area (Å²) in [6.45, 7) is 8.71. The van der Waals surface area contributed by atoms with Crippen molar-refractivity contribution in [3.63, 3.8) is 0 Å². The number of carbonyl (C=O) groups excluding carboxylic acids is 1. The molecule has 0 saturated carbocycles. The zero-order chi connectivity index (χ0) is 17.9. The first-order chi connectivity index (χ1) is 11.5. The summed E-state index contributed by atoms with van der Waals surface area (Å²) < 4.78 is 15.8. The highest BCUT2D eigenvalue weighted by atomic mass is 16.5. The number of esters is 1. The van der Waals surface area contributed by atoms with Gasteiger partial charge in [0, 0.05) is 26.8 Å². The number of aliphatic imine (C=N–C) groups is 1. The average molecular weight is 339 g/mol. The molecule has 0 radical (unpaired) electrons. The van der Waals surface area contributed by atoms with Crippen LogP contribution in [0.3, 0.4) is 0 Å². The minimum absolute atomic E-state index is 0.397. The number of ether oxygens (including phenoxy) is 2. The van der Waals surface area contributed by atoms with E-state index in [1.165, 1.54) is 7.11 Å². The lowest BCUT2D eigenvalue weighted by Gasteiger charge is -2.11. The van der Waals surface area contributed by atoms with Gasteiger partial charge in [0.15, 0.2) is 5.96 Å². The van der Waals surface area contributed by atoms with Gasteiger partial charge in [-0.05, 0) is 25.3 Å². The standard InChI is InChI=1S/C17H29N3O4/c1-12(2)11-23-8-6-7-19-17(18-4)20-10-14-9-15(13(3)24-14)16(21)22-5/h9,12H,6-8,10-11H2,1-5H3,(H2,18,19,20). The fourth-order valence-corrected chi connectivity index (χ4v) is 2.03. The number of hydrogen-bond donors (Lipinski definition) is 2. The minimum Gasteiger partial charge on any atom is -0.465 e. The molecule has 0 aliphatic heterocycles. The van der Waals surface area contributed by atoms with Gasteiger partial charge in [-0.2, -0.15) is 0 Å². The Kier molecular flexibility index (Phi) is 8.93. The van der Waals surface area contributed by atoms with E-state index in [9.17, 15) is 4.79 Å². The Labute approximate surface area is 143 Å². The highest BCUT2D eigenvalue weighted by molar-refractivity contribution is 5.90. The molecule has 0 fully saturated rings. The third kappa shape index (κ3) is 7.04. The summed E-state index contributed by atoms with van der Waals surface area (Å²) in [5.74, 6) is 2.03. The maximum Gasteiger partial charge on any atom is 0.341 e. The highest BCUT2D eigenvalue weighted by Crippen LogP contribution is 2.15. The SMILES string of the molecule is CN=C(NCCCOCC(C)C)NCc1cc(C(=O)OC)c(C)o1. The van der Waals surface area contributed by atoms with Crippen LogP contribution >= 0.6 is 0 Å².